The van der Waals surface area contributed by atoms with E-state index >= 15 is 0 Å². The number of hydrogen-bond donors (Lipinski definition) is 2. The van der Waals surface area contributed by atoms with Crippen LogP contribution in [0, 0.1) is 0 Å². The van der Waals surface area contributed by atoms with E-state index in [0.717, 1.165) is 44.7 Å². The zero-order valence-electron chi connectivity index (χ0n) is 12.5. The fourth-order valence-electron chi connectivity index (χ4n) is 2.65. The van der Waals surface area contributed by atoms with Crippen LogP contribution >= 0.6 is 0 Å². The highest BCUT2D eigenvalue weighted by molar-refractivity contribution is 5.93. The zero-order chi connectivity index (χ0) is 14.4. The summed E-state index contributed by atoms with van der Waals surface area (Å²) in [6, 6.07) is 6.27. The summed E-state index contributed by atoms with van der Waals surface area (Å²) >= 11 is 0. The standard InChI is InChI=1S/C16H25N3O/c1-3-13-6-5-7-14(4-2)16(13)18-15(20)12-19-10-8-17-9-11-19/h5-7,17H,3-4,8-12H2,1-2H3,(H,18,20). The molecule has 20 heavy (non-hydrogen) atoms. The van der Waals surface area contributed by atoms with Gasteiger partial charge < -0.3 is 10.6 Å². The first-order valence-corrected chi connectivity index (χ1v) is 7.58. The van der Waals surface area contributed by atoms with Crippen LogP contribution in [0.4, 0.5) is 5.69 Å². The second-order valence-electron chi connectivity index (χ2n) is 5.23. The maximum atomic E-state index is 12.2. The van der Waals surface area contributed by atoms with Crippen LogP contribution in [0.2, 0.25) is 0 Å². The van der Waals surface area contributed by atoms with Crippen molar-refractivity contribution in [2.24, 2.45) is 0 Å². The summed E-state index contributed by atoms with van der Waals surface area (Å²) in [5.74, 6) is 0.0995. The molecular formula is C16H25N3O. The van der Waals surface area contributed by atoms with Gasteiger partial charge in [-0.25, -0.2) is 0 Å². The maximum Gasteiger partial charge on any atom is 0.238 e. The van der Waals surface area contributed by atoms with Crippen LogP contribution in [0.25, 0.3) is 0 Å². The Morgan fingerprint density at radius 1 is 1.20 bits per heavy atom. The molecule has 1 heterocycles. The first-order chi connectivity index (χ1) is 9.74. The molecule has 1 saturated heterocycles. The monoisotopic (exact) mass is 275 g/mol. The molecule has 0 bridgehead atoms. The molecule has 1 aliphatic heterocycles. The Morgan fingerprint density at radius 2 is 1.80 bits per heavy atom. The predicted octanol–water partition coefficient (Wildman–Crippen LogP) is 1.66. The van der Waals surface area contributed by atoms with Gasteiger partial charge in [-0.15, -0.1) is 0 Å². The van der Waals surface area contributed by atoms with Crippen molar-refractivity contribution in [2.75, 3.05) is 38.0 Å². The van der Waals surface area contributed by atoms with Crippen molar-refractivity contribution >= 4 is 11.6 Å². The third kappa shape index (κ3) is 3.81. The molecule has 4 heteroatoms. The van der Waals surface area contributed by atoms with E-state index in [0.29, 0.717) is 6.54 Å². The molecule has 2 N–H and O–H groups in total. The van der Waals surface area contributed by atoms with Crippen LogP contribution < -0.4 is 10.6 Å². The molecular weight excluding hydrogens is 250 g/mol. The first-order valence-electron chi connectivity index (χ1n) is 7.58. The predicted molar refractivity (Wildman–Crippen MR) is 83.1 cm³/mol. The van der Waals surface area contributed by atoms with Gasteiger partial charge in [0, 0.05) is 31.9 Å². The van der Waals surface area contributed by atoms with Crippen molar-refractivity contribution in [3.63, 3.8) is 0 Å². The van der Waals surface area contributed by atoms with Gasteiger partial charge in [0.25, 0.3) is 0 Å². The van der Waals surface area contributed by atoms with Crippen molar-refractivity contribution in [2.45, 2.75) is 26.7 Å². The van der Waals surface area contributed by atoms with Gasteiger partial charge in [-0.1, -0.05) is 32.0 Å². The topological polar surface area (TPSA) is 44.4 Å². The summed E-state index contributed by atoms with van der Waals surface area (Å²) in [6.45, 7) is 8.58. The molecule has 0 aromatic heterocycles. The third-order valence-corrected chi connectivity index (χ3v) is 3.84. The van der Waals surface area contributed by atoms with Crippen LogP contribution in [0.15, 0.2) is 18.2 Å². The van der Waals surface area contributed by atoms with Gasteiger partial charge in [0.2, 0.25) is 5.91 Å². The quantitative estimate of drug-likeness (QED) is 0.859. The molecule has 110 valence electrons. The lowest BCUT2D eigenvalue weighted by Gasteiger charge is -2.26. The lowest BCUT2D eigenvalue weighted by Crippen LogP contribution is -2.46. The molecule has 4 nitrogen and oxygen atoms in total. The molecule has 0 unspecified atom stereocenters. The molecule has 0 aliphatic carbocycles. The highest BCUT2D eigenvalue weighted by Gasteiger charge is 2.15. The SMILES string of the molecule is CCc1cccc(CC)c1NC(=O)CN1CCNCC1. The number of carbonyl (C=O) groups excluding carboxylic acids is 1. The Bertz CT molecular complexity index is 431. The summed E-state index contributed by atoms with van der Waals surface area (Å²) in [5.41, 5.74) is 3.47. The first kappa shape index (κ1) is 15.0. The summed E-state index contributed by atoms with van der Waals surface area (Å²) in [6.07, 6.45) is 1.88. The molecule has 1 aromatic rings. The van der Waals surface area contributed by atoms with Gasteiger partial charge >= 0.3 is 0 Å². The van der Waals surface area contributed by atoms with Gasteiger partial charge in [0.15, 0.2) is 0 Å². The number of carbonyl (C=O) groups is 1. The average Bonchev–Trinajstić information content (AvgIpc) is 2.48. The van der Waals surface area contributed by atoms with E-state index in [1.165, 1.54) is 11.1 Å². The van der Waals surface area contributed by atoms with Crippen LogP contribution in [0.1, 0.15) is 25.0 Å². The molecule has 0 atom stereocenters. The van der Waals surface area contributed by atoms with Crippen molar-refractivity contribution in [3.8, 4) is 0 Å². The van der Waals surface area contributed by atoms with E-state index in [-0.39, 0.29) is 5.91 Å². The Morgan fingerprint density at radius 3 is 2.35 bits per heavy atom. The summed E-state index contributed by atoms with van der Waals surface area (Å²) in [5, 5.41) is 6.43. The highest BCUT2D eigenvalue weighted by Crippen LogP contribution is 2.22. The Kier molecular flexibility index (Phi) is 5.56. The van der Waals surface area contributed by atoms with Crippen molar-refractivity contribution in [1.29, 1.82) is 0 Å². The van der Waals surface area contributed by atoms with E-state index in [9.17, 15) is 4.79 Å². The van der Waals surface area contributed by atoms with Gasteiger partial charge in [0.1, 0.15) is 0 Å². The number of anilines is 1. The number of nitrogens with zero attached hydrogens (tertiary/aromatic N) is 1. The zero-order valence-corrected chi connectivity index (χ0v) is 12.5. The molecule has 2 rings (SSSR count). The Balaban J connectivity index is 2.02. The Labute approximate surface area is 121 Å². The van der Waals surface area contributed by atoms with Crippen LogP contribution in [-0.4, -0.2) is 43.5 Å². The van der Waals surface area contributed by atoms with Crippen LogP contribution in [0.5, 0.6) is 0 Å². The molecule has 0 saturated carbocycles. The number of rotatable bonds is 5. The van der Waals surface area contributed by atoms with Gasteiger partial charge in [-0.05, 0) is 24.0 Å². The van der Waals surface area contributed by atoms with Crippen LogP contribution in [-0.2, 0) is 17.6 Å². The largest absolute Gasteiger partial charge is 0.324 e. The van der Waals surface area contributed by atoms with Crippen molar-refractivity contribution in [1.82, 2.24) is 10.2 Å². The molecule has 1 aromatic carbocycles. The van der Waals surface area contributed by atoms with Gasteiger partial charge in [0.05, 0.1) is 6.54 Å². The number of hydrogen-bond acceptors (Lipinski definition) is 3. The fraction of sp³-hybridized carbons (Fsp3) is 0.562. The van der Waals surface area contributed by atoms with E-state index in [1.54, 1.807) is 0 Å². The van der Waals surface area contributed by atoms with E-state index < -0.39 is 0 Å². The van der Waals surface area contributed by atoms with E-state index in [4.69, 9.17) is 0 Å². The number of piperazine rings is 1. The second-order valence-corrected chi connectivity index (χ2v) is 5.23. The minimum Gasteiger partial charge on any atom is -0.324 e. The molecule has 1 fully saturated rings. The minimum atomic E-state index is 0.0995. The number of aryl methyl sites for hydroxylation is 2. The molecule has 1 amide bonds. The van der Waals surface area contributed by atoms with Gasteiger partial charge in [-0.3, -0.25) is 9.69 Å². The second kappa shape index (κ2) is 7.41. The van der Waals surface area contributed by atoms with Crippen molar-refractivity contribution in [3.05, 3.63) is 29.3 Å². The number of para-hydroxylation sites is 1. The highest BCUT2D eigenvalue weighted by atomic mass is 16.2. The maximum absolute atomic E-state index is 12.2. The third-order valence-electron chi connectivity index (χ3n) is 3.84. The van der Waals surface area contributed by atoms with Crippen LogP contribution in [0.3, 0.4) is 0 Å². The fourth-order valence-corrected chi connectivity index (χ4v) is 2.65. The number of benzene rings is 1. The van der Waals surface area contributed by atoms with E-state index in [2.05, 4.69) is 47.6 Å². The lowest BCUT2D eigenvalue weighted by atomic mass is 10.0. The number of amides is 1. The average molecular weight is 275 g/mol. The Hall–Kier alpha value is -1.39. The summed E-state index contributed by atoms with van der Waals surface area (Å²) in [7, 11) is 0. The molecule has 0 spiro atoms. The number of nitrogens with one attached hydrogen (secondary N) is 2. The smallest absolute Gasteiger partial charge is 0.238 e. The van der Waals surface area contributed by atoms with Crippen molar-refractivity contribution < 1.29 is 4.79 Å². The lowest BCUT2D eigenvalue weighted by molar-refractivity contribution is -0.117. The molecule has 1 aliphatic rings. The summed E-state index contributed by atoms with van der Waals surface area (Å²) in [4.78, 5) is 14.4. The van der Waals surface area contributed by atoms with E-state index in [1.807, 2.05) is 0 Å². The normalized spacial score (nSPS) is 16.1. The minimum absolute atomic E-state index is 0.0995. The summed E-state index contributed by atoms with van der Waals surface area (Å²) < 4.78 is 0. The molecule has 0 radical (unpaired) electrons. The van der Waals surface area contributed by atoms with Gasteiger partial charge in [-0.2, -0.15) is 0 Å².